The van der Waals surface area contributed by atoms with E-state index in [2.05, 4.69) is 15.0 Å². The van der Waals surface area contributed by atoms with Gasteiger partial charge in [-0.15, -0.1) is 11.3 Å². The van der Waals surface area contributed by atoms with Crippen LogP contribution < -0.4 is 0 Å². The van der Waals surface area contributed by atoms with Crippen LogP contribution in [0, 0.1) is 6.92 Å². The predicted octanol–water partition coefficient (Wildman–Crippen LogP) is 3.24. The largest absolute Gasteiger partial charge is 0.337 e. The summed E-state index contributed by atoms with van der Waals surface area (Å²) >= 11 is 2.97. The number of carbonyl (C=O) groups is 1. The van der Waals surface area contributed by atoms with E-state index in [4.69, 9.17) is 0 Å². The van der Waals surface area contributed by atoms with Gasteiger partial charge in [0, 0.05) is 26.0 Å². The third kappa shape index (κ3) is 3.05. The highest BCUT2D eigenvalue weighted by molar-refractivity contribution is 7.17. The summed E-state index contributed by atoms with van der Waals surface area (Å²) in [6, 6.07) is 3.78. The number of hydrogen-bond donors (Lipinski definition) is 0. The number of aryl methyl sites for hydroxylation is 1. The monoisotopic (exact) mass is 330 g/mol. The molecule has 0 aliphatic carbocycles. The minimum atomic E-state index is -0.0246. The normalized spacial score (nSPS) is 10.6. The minimum absolute atomic E-state index is 0.0246. The number of aromatic nitrogens is 3. The molecule has 0 spiro atoms. The van der Waals surface area contributed by atoms with E-state index in [0.29, 0.717) is 22.3 Å². The molecule has 0 aliphatic heterocycles. The van der Waals surface area contributed by atoms with E-state index in [1.807, 2.05) is 23.8 Å². The quantitative estimate of drug-likeness (QED) is 0.737. The first-order valence-electron chi connectivity index (χ1n) is 6.66. The molecule has 5 nitrogen and oxygen atoms in total. The second kappa shape index (κ2) is 6.33. The Hall–Kier alpha value is -2.12. The van der Waals surface area contributed by atoms with E-state index in [-0.39, 0.29) is 5.91 Å². The molecule has 0 atom stereocenters. The van der Waals surface area contributed by atoms with Crippen LogP contribution in [0.25, 0.3) is 10.8 Å². The molecule has 112 valence electrons. The van der Waals surface area contributed by atoms with E-state index in [1.54, 1.807) is 41.7 Å². The van der Waals surface area contributed by atoms with Crippen molar-refractivity contribution in [3.05, 3.63) is 51.4 Å². The van der Waals surface area contributed by atoms with Crippen molar-refractivity contribution in [2.75, 3.05) is 7.05 Å². The Kier molecular flexibility index (Phi) is 4.26. The highest BCUT2D eigenvalue weighted by Gasteiger charge is 2.20. The Bertz CT molecular complexity index is 768. The summed E-state index contributed by atoms with van der Waals surface area (Å²) in [6.07, 6.45) is 3.34. The van der Waals surface area contributed by atoms with Gasteiger partial charge >= 0.3 is 0 Å². The predicted molar refractivity (Wildman–Crippen MR) is 88.0 cm³/mol. The average molecular weight is 330 g/mol. The Balaban J connectivity index is 1.82. The van der Waals surface area contributed by atoms with Gasteiger partial charge in [0.15, 0.2) is 10.8 Å². The molecule has 3 heterocycles. The minimum Gasteiger partial charge on any atom is -0.337 e. The Morgan fingerprint density at radius 2 is 2.09 bits per heavy atom. The van der Waals surface area contributed by atoms with Gasteiger partial charge in [-0.05, 0) is 35.4 Å². The summed E-state index contributed by atoms with van der Waals surface area (Å²) in [7, 11) is 1.80. The van der Waals surface area contributed by atoms with E-state index < -0.39 is 0 Å². The zero-order chi connectivity index (χ0) is 15.5. The molecule has 3 aromatic rings. The van der Waals surface area contributed by atoms with Crippen molar-refractivity contribution in [1.29, 1.82) is 0 Å². The van der Waals surface area contributed by atoms with Crippen LogP contribution in [0.2, 0.25) is 0 Å². The van der Waals surface area contributed by atoms with Crippen molar-refractivity contribution in [1.82, 2.24) is 19.9 Å². The van der Waals surface area contributed by atoms with Gasteiger partial charge in [-0.3, -0.25) is 4.79 Å². The zero-order valence-electron chi connectivity index (χ0n) is 12.2. The maximum Gasteiger partial charge on any atom is 0.265 e. The number of nitrogens with zero attached hydrogens (tertiary/aromatic N) is 4. The van der Waals surface area contributed by atoms with E-state index in [9.17, 15) is 4.79 Å². The topological polar surface area (TPSA) is 59.0 Å². The first-order valence-corrected chi connectivity index (χ1v) is 8.42. The Morgan fingerprint density at radius 1 is 1.32 bits per heavy atom. The molecule has 0 radical (unpaired) electrons. The Labute approximate surface area is 136 Å². The summed E-state index contributed by atoms with van der Waals surface area (Å²) in [5, 5.41) is 4.73. The highest BCUT2D eigenvalue weighted by Crippen LogP contribution is 2.26. The lowest BCUT2D eigenvalue weighted by Gasteiger charge is -2.15. The smallest absolute Gasteiger partial charge is 0.265 e. The third-order valence-electron chi connectivity index (χ3n) is 3.09. The molecule has 0 aliphatic rings. The fourth-order valence-corrected chi connectivity index (χ4v) is 3.67. The lowest BCUT2D eigenvalue weighted by Crippen LogP contribution is -2.25. The molecular formula is C15H14N4OS2. The van der Waals surface area contributed by atoms with Crippen molar-refractivity contribution < 1.29 is 4.79 Å². The van der Waals surface area contributed by atoms with Crippen molar-refractivity contribution in [3.63, 3.8) is 0 Å². The molecule has 0 bridgehead atoms. The number of rotatable bonds is 4. The number of thiazole rings is 1. The van der Waals surface area contributed by atoms with Crippen molar-refractivity contribution in [3.8, 4) is 10.8 Å². The molecule has 3 aromatic heterocycles. The summed E-state index contributed by atoms with van der Waals surface area (Å²) in [5.74, 6) is 0.526. The van der Waals surface area contributed by atoms with Crippen LogP contribution >= 0.6 is 22.7 Å². The van der Waals surface area contributed by atoms with E-state index in [1.165, 1.54) is 11.3 Å². The van der Waals surface area contributed by atoms with Crippen LogP contribution in [-0.2, 0) is 6.54 Å². The van der Waals surface area contributed by atoms with E-state index >= 15 is 0 Å². The molecule has 3 rings (SSSR count). The molecule has 1 amide bonds. The number of thiophene rings is 1. The van der Waals surface area contributed by atoms with Crippen LogP contribution in [0.4, 0.5) is 0 Å². The lowest BCUT2D eigenvalue weighted by molar-refractivity contribution is 0.0789. The summed E-state index contributed by atoms with van der Waals surface area (Å²) < 4.78 is 0. The SMILES string of the molecule is Cc1nc(-c2ncccn2)sc1C(=O)N(C)Cc1ccsc1. The number of hydrogen-bond acceptors (Lipinski definition) is 6. The molecule has 0 saturated heterocycles. The first kappa shape index (κ1) is 14.8. The van der Waals surface area contributed by atoms with Crippen LogP contribution in [0.3, 0.4) is 0 Å². The zero-order valence-corrected chi connectivity index (χ0v) is 13.8. The molecule has 22 heavy (non-hydrogen) atoms. The maximum absolute atomic E-state index is 12.6. The van der Waals surface area contributed by atoms with E-state index in [0.717, 1.165) is 11.3 Å². The highest BCUT2D eigenvalue weighted by atomic mass is 32.1. The van der Waals surface area contributed by atoms with Gasteiger partial charge in [-0.1, -0.05) is 0 Å². The van der Waals surface area contributed by atoms with Gasteiger partial charge in [0.05, 0.1) is 5.69 Å². The molecule has 0 N–H and O–H groups in total. The van der Waals surface area contributed by atoms with Gasteiger partial charge in [0.2, 0.25) is 0 Å². The van der Waals surface area contributed by atoms with Crippen molar-refractivity contribution in [2.45, 2.75) is 13.5 Å². The standard InChI is InChI=1S/C15H14N4OS2/c1-10-12(15(20)19(2)8-11-4-7-21-9-11)22-14(18-10)13-16-5-3-6-17-13/h3-7,9H,8H2,1-2H3. The molecule has 0 unspecified atom stereocenters. The summed E-state index contributed by atoms with van der Waals surface area (Å²) in [5.41, 5.74) is 1.85. The molecule has 7 heteroatoms. The number of amides is 1. The average Bonchev–Trinajstić information content (AvgIpc) is 3.17. The molecule has 0 aromatic carbocycles. The first-order chi connectivity index (χ1) is 10.6. The molecule has 0 fully saturated rings. The van der Waals surface area contributed by atoms with Gasteiger partial charge < -0.3 is 4.90 Å². The number of carbonyl (C=O) groups excluding carboxylic acids is 1. The van der Waals surface area contributed by atoms with Crippen LogP contribution in [0.15, 0.2) is 35.3 Å². The second-order valence-electron chi connectivity index (χ2n) is 4.80. The lowest BCUT2D eigenvalue weighted by atomic mass is 10.3. The second-order valence-corrected chi connectivity index (χ2v) is 6.58. The van der Waals surface area contributed by atoms with Gasteiger partial charge in [-0.25, -0.2) is 15.0 Å². The Morgan fingerprint density at radius 3 is 2.77 bits per heavy atom. The van der Waals surface area contributed by atoms with Crippen molar-refractivity contribution in [2.24, 2.45) is 0 Å². The van der Waals surface area contributed by atoms with Crippen LogP contribution in [0.5, 0.6) is 0 Å². The molecular weight excluding hydrogens is 316 g/mol. The van der Waals surface area contributed by atoms with Crippen LogP contribution in [-0.4, -0.2) is 32.8 Å². The summed E-state index contributed by atoms with van der Waals surface area (Å²) in [4.78, 5) is 27.7. The van der Waals surface area contributed by atoms with Gasteiger partial charge in [-0.2, -0.15) is 11.3 Å². The molecule has 0 saturated carbocycles. The fourth-order valence-electron chi connectivity index (χ4n) is 2.00. The van der Waals surface area contributed by atoms with Crippen molar-refractivity contribution >= 4 is 28.6 Å². The third-order valence-corrected chi connectivity index (χ3v) is 4.97. The van der Waals surface area contributed by atoms with Gasteiger partial charge in [0.25, 0.3) is 5.91 Å². The van der Waals surface area contributed by atoms with Crippen LogP contribution in [0.1, 0.15) is 20.9 Å². The fraction of sp³-hybridized carbons (Fsp3) is 0.200. The summed E-state index contributed by atoms with van der Waals surface area (Å²) in [6.45, 7) is 2.44. The van der Waals surface area contributed by atoms with Gasteiger partial charge in [0.1, 0.15) is 4.88 Å². The maximum atomic E-state index is 12.6.